The summed E-state index contributed by atoms with van der Waals surface area (Å²) in [6.45, 7) is 1.36. The van der Waals surface area contributed by atoms with E-state index < -0.39 is 12.0 Å². The average molecular weight is 238 g/mol. The van der Waals surface area contributed by atoms with Crippen molar-refractivity contribution in [1.82, 2.24) is 0 Å². The molecule has 1 aromatic carbocycles. The van der Waals surface area contributed by atoms with Crippen LogP contribution in [0.5, 0.6) is 5.75 Å². The Morgan fingerprint density at radius 3 is 2.65 bits per heavy atom. The Balaban J connectivity index is 2.90. The zero-order valence-corrected chi connectivity index (χ0v) is 9.30. The zero-order chi connectivity index (χ0) is 13.0. The fourth-order valence-corrected chi connectivity index (χ4v) is 1.35. The molecule has 0 heterocycles. The van der Waals surface area contributed by atoms with Crippen LogP contribution in [0.3, 0.4) is 0 Å². The highest BCUT2D eigenvalue weighted by atomic mass is 16.4. The normalized spacial score (nSPS) is 11.9. The van der Waals surface area contributed by atoms with Crippen molar-refractivity contribution in [2.75, 3.05) is 5.32 Å². The molecule has 1 aromatic rings. The van der Waals surface area contributed by atoms with Gasteiger partial charge in [0.25, 0.3) is 0 Å². The van der Waals surface area contributed by atoms with Crippen LogP contribution in [0.1, 0.15) is 12.5 Å². The molecule has 0 aliphatic carbocycles. The van der Waals surface area contributed by atoms with Crippen LogP contribution in [0.25, 0.3) is 0 Å². The Morgan fingerprint density at radius 2 is 2.12 bits per heavy atom. The lowest BCUT2D eigenvalue weighted by atomic mass is 10.0. The maximum absolute atomic E-state index is 10.8. The second kappa shape index (κ2) is 5.31. The molecule has 1 atom stereocenters. The molecule has 0 saturated carbocycles. The second-order valence-electron chi connectivity index (χ2n) is 3.67. The van der Waals surface area contributed by atoms with Crippen LogP contribution in [-0.2, 0) is 16.0 Å². The number of hydrogen-bond acceptors (Lipinski definition) is 4. The number of anilines is 1. The summed E-state index contributed by atoms with van der Waals surface area (Å²) >= 11 is 0. The third-order valence-corrected chi connectivity index (χ3v) is 2.16. The van der Waals surface area contributed by atoms with Gasteiger partial charge in [0.05, 0.1) is 0 Å². The summed E-state index contributed by atoms with van der Waals surface area (Å²) in [5.41, 5.74) is 6.24. The summed E-state index contributed by atoms with van der Waals surface area (Å²) in [4.78, 5) is 21.4. The van der Waals surface area contributed by atoms with Gasteiger partial charge in [-0.3, -0.25) is 9.59 Å². The van der Waals surface area contributed by atoms with Gasteiger partial charge in [-0.25, -0.2) is 0 Å². The maximum Gasteiger partial charge on any atom is 0.320 e. The van der Waals surface area contributed by atoms with E-state index in [9.17, 15) is 14.7 Å². The van der Waals surface area contributed by atoms with Crippen molar-refractivity contribution in [3.63, 3.8) is 0 Å². The van der Waals surface area contributed by atoms with Gasteiger partial charge in [-0.15, -0.1) is 0 Å². The molecule has 0 fully saturated rings. The van der Waals surface area contributed by atoms with Crippen molar-refractivity contribution < 1.29 is 19.8 Å². The summed E-state index contributed by atoms with van der Waals surface area (Å²) < 4.78 is 0. The van der Waals surface area contributed by atoms with Gasteiger partial charge >= 0.3 is 5.97 Å². The number of carbonyl (C=O) groups is 2. The number of carboxylic acids is 1. The van der Waals surface area contributed by atoms with E-state index in [2.05, 4.69) is 5.32 Å². The van der Waals surface area contributed by atoms with E-state index in [0.717, 1.165) is 0 Å². The average Bonchev–Trinajstić information content (AvgIpc) is 2.22. The monoisotopic (exact) mass is 238 g/mol. The van der Waals surface area contributed by atoms with Crippen LogP contribution in [0.15, 0.2) is 18.2 Å². The van der Waals surface area contributed by atoms with Gasteiger partial charge < -0.3 is 21.3 Å². The van der Waals surface area contributed by atoms with Gasteiger partial charge in [0.15, 0.2) is 0 Å². The minimum Gasteiger partial charge on any atom is -0.508 e. The lowest BCUT2D eigenvalue weighted by Crippen LogP contribution is -2.32. The van der Waals surface area contributed by atoms with Crippen molar-refractivity contribution in [2.24, 2.45) is 5.73 Å². The third-order valence-electron chi connectivity index (χ3n) is 2.16. The van der Waals surface area contributed by atoms with Crippen molar-refractivity contribution >= 4 is 17.6 Å². The van der Waals surface area contributed by atoms with E-state index in [0.29, 0.717) is 11.3 Å². The van der Waals surface area contributed by atoms with E-state index >= 15 is 0 Å². The predicted octanol–water partition coefficient (Wildman–Crippen LogP) is 0.305. The number of amides is 1. The van der Waals surface area contributed by atoms with Crippen LogP contribution < -0.4 is 11.1 Å². The number of phenolic OH excluding ortho intramolecular Hbond substituents is 1. The molecule has 17 heavy (non-hydrogen) atoms. The zero-order valence-electron chi connectivity index (χ0n) is 9.30. The number of rotatable bonds is 4. The van der Waals surface area contributed by atoms with E-state index in [1.807, 2.05) is 0 Å². The molecule has 6 nitrogen and oxygen atoms in total. The maximum atomic E-state index is 10.8. The number of carboxylic acid groups (broad SMARTS) is 1. The Bertz CT molecular complexity index is 445. The van der Waals surface area contributed by atoms with Crippen molar-refractivity contribution in [1.29, 1.82) is 0 Å². The summed E-state index contributed by atoms with van der Waals surface area (Å²) in [7, 11) is 0. The number of aliphatic carboxylic acids is 1. The molecule has 0 bridgehead atoms. The van der Waals surface area contributed by atoms with E-state index in [4.69, 9.17) is 10.8 Å². The predicted molar refractivity (Wildman–Crippen MR) is 61.7 cm³/mol. The first-order valence-corrected chi connectivity index (χ1v) is 4.98. The number of benzene rings is 1. The number of aromatic hydroxyl groups is 1. The number of carbonyl (C=O) groups excluding carboxylic acids is 1. The molecule has 5 N–H and O–H groups in total. The first-order chi connectivity index (χ1) is 7.90. The van der Waals surface area contributed by atoms with E-state index in [1.54, 1.807) is 0 Å². The standard InChI is InChI=1S/C11H14N2O4/c1-6(14)13-8-2-3-10(15)7(4-8)5-9(12)11(16)17/h2-4,9,15H,5,12H2,1H3,(H,13,14)(H,16,17)/t9-/m0/s1. The number of hydrogen-bond donors (Lipinski definition) is 4. The first-order valence-electron chi connectivity index (χ1n) is 4.98. The molecule has 0 aliphatic heterocycles. The molecule has 0 aliphatic rings. The fourth-order valence-electron chi connectivity index (χ4n) is 1.35. The van der Waals surface area contributed by atoms with E-state index in [-0.39, 0.29) is 18.1 Å². The largest absolute Gasteiger partial charge is 0.508 e. The quantitative estimate of drug-likeness (QED) is 0.564. The highest BCUT2D eigenvalue weighted by Gasteiger charge is 2.15. The molecule has 0 aromatic heterocycles. The van der Waals surface area contributed by atoms with Crippen LogP contribution in [0, 0.1) is 0 Å². The van der Waals surface area contributed by atoms with Gasteiger partial charge in [0.1, 0.15) is 11.8 Å². The van der Waals surface area contributed by atoms with Gasteiger partial charge in [-0.05, 0) is 23.8 Å². The summed E-state index contributed by atoms with van der Waals surface area (Å²) in [5.74, 6) is -1.44. The molecule has 0 unspecified atom stereocenters. The Morgan fingerprint density at radius 1 is 1.47 bits per heavy atom. The molecular formula is C11H14N2O4. The van der Waals surface area contributed by atoms with Crippen LogP contribution in [-0.4, -0.2) is 28.1 Å². The Hall–Kier alpha value is -2.08. The highest BCUT2D eigenvalue weighted by Crippen LogP contribution is 2.22. The van der Waals surface area contributed by atoms with Gasteiger partial charge in [-0.2, -0.15) is 0 Å². The molecule has 0 spiro atoms. The van der Waals surface area contributed by atoms with Gasteiger partial charge in [-0.1, -0.05) is 0 Å². The number of phenols is 1. The molecule has 0 saturated heterocycles. The molecular weight excluding hydrogens is 224 g/mol. The Kier molecular flexibility index (Phi) is 4.06. The van der Waals surface area contributed by atoms with E-state index in [1.165, 1.54) is 25.1 Å². The molecule has 92 valence electrons. The molecule has 1 amide bonds. The molecule has 0 radical (unpaired) electrons. The number of nitrogens with two attached hydrogens (primary N) is 1. The minimum absolute atomic E-state index is 0.00537. The second-order valence-corrected chi connectivity index (χ2v) is 3.67. The first kappa shape index (κ1) is 13.0. The lowest BCUT2D eigenvalue weighted by Gasteiger charge is -2.10. The van der Waals surface area contributed by atoms with Crippen molar-refractivity contribution in [2.45, 2.75) is 19.4 Å². The molecule has 6 heteroatoms. The Labute approximate surface area is 98.1 Å². The van der Waals surface area contributed by atoms with Gasteiger partial charge in [0.2, 0.25) is 5.91 Å². The summed E-state index contributed by atoms with van der Waals surface area (Å²) in [5, 5.41) is 20.7. The van der Waals surface area contributed by atoms with Crippen LogP contribution in [0.2, 0.25) is 0 Å². The SMILES string of the molecule is CC(=O)Nc1ccc(O)c(C[C@H](N)C(=O)O)c1. The van der Waals surface area contributed by atoms with Crippen LogP contribution >= 0.6 is 0 Å². The topological polar surface area (TPSA) is 113 Å². The van der Waals surface area contributed by atoms with Gasteiger partial charge in [0, 0.05) is 19.0 Å². The fraction of sp³-hybridized carbons (Fsp3) is 0.273. The minimum atomic E-state index is -1.14. The third kappa shape index (κ3) is 3.76. The van der Waals surface area contributed by atoms with Crippen molar-refractivity contribution in [3.05, 3.63) is 23.8 Å². The summed E-state index contributed by atoms with van der Waals surface area (Å²) in [6.07, 6.45) is -0.00537. The number of nitrogens with one attached hydrogen (secondary N) is 1. The smallest absolute Gasteiger partial charge is 0.320 e. The van der Waals surface area contributed by atoms with Crippen LogP contribution in [0.4, 0.5) is 5.69 Å². The summed E-state index contributed by atoms with van der Waals surface area (Å²) in [6, 6.07) is 3.31. The molecule has 1 rings (SSSR count). The lowest BCUT2D eigenvalue weighted by molar-refractivity contribution is -0.138. The highest BCUT2D eigenvalue weighted by molar-refractivity contribution is 5.88. The van der Waals surface area contributed by atoms with Crippen molar-refractivity contribution in [3.8, 4) is 5.75 Å².